The lowest BCUT2D eigenvalue weighted by Crippen LogP contribution is -2.07. The lowest BCUT2D eigenvalue weighted by molar-refractivity contribution is 0.0950. The van der Waals surface area contributed by atoms with Gasteiger partial charge in [0.1, 0.15) is 5.82 Å². The van der Waals surface area contributed by atoms with Crippen LogP contribution in [0.15, 0.2) is 18.2 Å². The average Bonchev–Trinajstić information content (AvgIpc) is 2.22. The Balaban J connectivity index is 2.59. The number of nitrogens with one attached hydrogen (secondary N) is 1. The third kappa shape index (κ3) is 4.29. The number of halogens is 1. The Bertz CT molecular complexity index is 326. The maximum atomic E-state index is 13.4. The van der Waals surface area contributed by atoms with Crippen LogP contribution in [0.4, 0.5) is 4.39 Å². The zero-order valence-electron chi connectivity index (χ0n) is 10.2. The number of hydrogen-bond donors (Lipinski definition) is 1. The number of ether oxygens (including phenoxy) is 1. The van der Waals surface area contributed by atoms with Crippen molar-refractivity contribution >= 4 is 0 Å². The van der Waals surface area contributed by atoms with Crippen LogP contribution in [0.5, 0.6) is 0 Å². The molecule has 90 valence electrons. The molecule has 1 rings (SSSR count). The Morgan fingerprint density at radius 2 is 2.12 bits per heavy atom. The third-order valence-electron chi connectivity index (χ3n) is 2.20. The summed E-state index contributed by atoms with van der Waals surface area (Å²) >= 11 is 0. The molecule has 1 aromatic rings. The van der Waals surface area contributed by atoms with Crippen molar-refractivity contribution in [3.8, 4) is 0 Å². The van der Waals surface area contributed by atoms with Crippen molar-refractivity contribution in [1.82, 2.24) is 5.32 Å². The van der Waals surface area contributed by atoms with E-state index in [0.29, 0.717) is 24.7 Å². The Morgan fingerprint density at radius 1 is 1.38 bits per heavy atom. The molecular weight excluding hydrogens is 205 g/mol. The van der Waals surface area contributed by atoms with E-state index in [4.69, 9.17) is 4.74 Å². The smallest absolute Gasteiger partial charge is 0.128 e. The fraction of sp³-hybridized carbons (Fsp3) is 0.538. The average molecular weight is 225 g/mol. The first-order valence-corrected chi connectivity index (χ1v) is 5.63. The Hall–Kier alpha value is -0.930. The van der Waals surface area contributed by atoms with Crippen molar-refractivity contribution in [1.29, 1.82) is 0 Å². The first-order valence-electron chi connectivity index (χ1n) is 5.63. The molecule has 0 aliphatic heterocycles. The molecule has 0 spiro atoms. The van der Waals surface area contributed by atoms with Gasteiger partial charge in [-0.1, -0.05) is 19.9 Å². The zero-order valence-corrected chi connectivity index (χ0v) is 10.2. The second-order valence-electron chi connectivity index (χ2n) is 4.37. The minimum atomic E-state index is -0.191. The van der Waals surface area contributed by atoms with Crippen LogP contribution in [-0.2, 0) is 17.9 Å². The van der Waals surface area contributed by atoms with Gasteiger partial charge in [0.15, 0.2) is 0 Å². The van der Waals surface area contributed by atoms with E-state index in [9.17, 15) is 4.39 Å². The second-order valence-corrected chi connectivity index (χ2v) is 4.37. The molecular formula is C13H20FNO. The number of hydrogen-bond acceptors (Lipinski definition) is 2. The molecule has 0 amide bonds. The van der Waals surface area contributed by atoms with E-state index in [1.807, 2.05) is 13.1 Å². The molecule has 2 nitrogen and oxygen atoms in total. The summed E-state index contributed by atoms with van der Waals surface area (Å²) in [4.78, 5) is 0. The molecule has 0 fully saturated rings. The largest absolute Gasteiger partial charge is 0.376 e. The highest BCUT2D eigenvalue weighted by Crippen LogP contribution is 2.12. The van der Waals surface area contributed by atoms with Crippen LogP contribution in [0, 0.1) is 11.7 Å². The van der Waals surface area contributed by atoms with Crippen LogP contribution in [0.2, 0.25) is 0 Å². The minimum absolute atomic E-state index is 0.191. The molecule has 1 aromatic carbocycles. The van der Waals surface area contributed by atoms with Crippen LogP contribution in [0.25, 0.3) is 0 Å². The van der Waals surface area contributed by atoms with Gasteiger partial charge in [-0.3, -0.25) is 0 Å². The predicted octanol–water partition coefficient (Wildman–Crippen LogP) is 2.72. The second kappa shape index (κ2) is 6.61. The highest BCUT2D eigenvalue weighted by atomic mass is 19.1. The fourth-order valence-electron chi connectivity index (χ4n) is 1.46. The van der Waals surface area contributed by atoms with Crippen molar-refractivity contribution in [2.24, 2.45) is 5.92 Å². The van der Waals surface area contributed by atoms with Gasteiger partial charge in [0.05, 0.1) is 6.61 Å². The van der Waals surface area contributed by atoms with Gasteiger partial charge in [-0.2, -0.15) is 0 Å². The van der Waals surface area contributed by atoms with Crippen LogP contribution in [0.1, 0.15) is 25.0 Å². The van der Waals surface area contributed by atoms with E-state index in [-0.39, 0.29) is 5.82 Å². The lowest BCUT2D eigenvalue weighted by atomic mass is 10.1. The monoisotopic (exact) mass is 225 g/mol. The molecule has 0 atom stereocenters. The highest BCUT2D eigenvalue weighted by molar-refractivity contribution is 5.24. The molecule has 0 unspecified atom stereocenters. The third-order valence-corrected chi connectivity index (χ3v) is 2.20. The molecule has 0 radical (unpaired) electrons. The molecule has 16 heavy (non-hydrogen) atoms. The highest BCUT2D eigenvalue weighted by Gasteiger charge is 2.04. The molecule has 0 bridgehead atoms. The molecule has 0 saturated carbocycles. The van der Waals surface area contributed by atoms with Gasteiger partial charge in [0.2, 0.25) is 0 Å². The summed E-state index contributed by atoms with van der Waals surface area (Å²) in [5.41, 5.74) is 1.71. The van der Waals surface area contributed by atoms with Gasteiger partial charge >= 0.3 is 0 Å². The standard InChI is InChI=1S/C13H20FNO/c1-10(2)8-16-9-12-6-11(7-15-3)4-5-13(12)14/h4-6,10,15H,7-9H2,1-3H3. The molecule has 1 N–H and O–H groups in total. The number of benzene rings is 1. The van der Waals surface area contributed by atoms with Gasteiger partial charge in [-0.05, 0) is 30.7 Å². The van der Waals surface area contributed by atoms with Crippen molar-refractivity contribution in [2.45, 2.75) is 27.0 Å². The maximum Gasteiger partial charge on any atom is 0.128 e. The van der Waals surface area contributed by atoms with E-state index in [2.05, 4.69) is 19.2 Å². The molecule has 0 aliphatic carbocycles. The predicted molar refractivity (Wildman–Crippen MR) is 63.7 cm³/mol. The topological polar surface area (TPSA) is 21.3 Å². The fourth-order valence-corrected chi connectivity index (χ4v) is 1.46. The summed E-state index contributed by atoms with van der Waals surface area (Å²) in [6, 6.07) is 5.14. The van der Waals surface area contributed by atoms with Crippen molar-refractivity contribution in [3.63, 3.8) is 0 Å². The van der Waals surface area contributed by atoms with Gasteiger partial charge in [-0.25, -0.2) is 4.39 Å². The quantitative estimate of drug-likeness (QED) is 0.803. The van der Waals surface area contributed by atoms with Gasteiger partial charge in [-0.15, -0.1) is 0 Å². The van der Waals surface area contributed by atoms with Crippen molar-refractivity contribution < 1.29 is 9.13 Å². The SMILES string of the molecule is CNCc1ccc(F)c(COCC(C)C)c1. The van der Waals surface area contributed by atoms with E-state index in [1.54, 1.807) is 6.07 Å². The molecule has 0 heterocycles. The summed E-state index contributed by atoms with van der Waals surface area (Å²) in [7, 11) is 1.87. The summed E-state index contributed by atoms with van der Waals surface area (Å²) < 4.78 is 18.9. The van der Waals surface area contributed by atoms with Gasteiger partial charge in [0, 0.05) is 18.7 Å². The van der Waals surface area contributed by atoms with Gasteiger partial charge in [0.25, 0.3) is 0 Å². The van der Waals surface area contributed by atoms with E-state index in [0.717, 1.165) is 12.1 Å². The lowest BCUT2D eigenvalue weighted by Gasteiger charge is -2.09. The van der Waals surface area contributed by atoms with Crippen LogP contribution in [-0.4, -0.2) is 13.7 Å². The zero-order chi connectivity index (χ0) is 12.0. The first-order chi connectivity index (χ1) is 7.63. The molecule has 0 saturated heterocycles. The van der Waals surface area contributed by atoms with E-state index < -0.39 is 0 Å². The molecule has 0 aromatic heterocycles. The molecule has 3 heteroatoms. The normalized spacial score (nSPS) is 11.1. The minimum Gasteiger partial charge on any atom is -0.376 e. The van der Waals surface area contributed by atoms with Crippen LogP contribution >= 0.6 is 0 Å². The van der Waals surface area contributed by atoms with Crippen LogP contribution < -0.4 is 5.32 Å². The maximum absolute atomic E-state index is 13.4. The Morgan fingerprint density at radius 3 is 2.75 bits per heavy atom. The summed E-state index contributed by atoms with van der Waals surface area (Å²) in [6.45, 7) is 5.91. The summed E-state index contributed by atoms with van der Waals surface area (Å²) in [5, 5.41) is 3.04. The van der Waals surface area contributed by atoms with E-state index >= 15 is 0 Å². The first kappa shape index (κ1) is 13.1. The van der Waals surface area contributed by atoms with Crippen molar-refractivity contribution in [2.75, 3.05) is 13.7 Å². The number of rotatable bonds is 6. The van der Waals surface area contributed by atoms with Crippen molar-refractivity contribution in [3.05, 3.63) is 35.1 Å². The Labute approximate surface area is 96.8 Å². The molecule has 0 aliphatic rings. The van der Waals surface area contributed by atoms with Gasteiger partial charge < -0.3 is 10.1 Å². The summed E-state index contributed by atoms with van der Waals surface area (Å²) in [6.07, 6.45) is 0. The summed E-state index contributed by atoms with van der Waals surface area (Å²) in [5.74, 6) is 0.284. The van der Waals surface area contributed by atoms with Crippen LogP contribution in [0.3, 0.4) is 0 Å². The van der Waals surface area contributed by atoms with E-state index in [1.165, 1.54) is 6.07 Å². The Kier molecular flexibility index (Phi) is 5.43.